The third-order valence-electron chi connectivity index (χ3n) is 7.61. The maximum absolute atomic E-state index is 13.6. The molecule has 0 saturated carbocycles. The zero-order chi connectivity index (χ0) is 36.2. The quantitative estimate of drug-likeness (QED) is 0.104. The molecule has 3 N–H and O–H groups in total. The minimum Gasteiger partial charge on any atom is -0.458 e. The molecule has 1 heterocycles. The van der Waals surface area contributed by atoms with E-state index in [2.05, 4.69) is 10.6 Å². The van der Waals surface area contributed by atoms with Crippen molar-refractivity contribution in [3.8, 4) is 0 Å². The lowest BCUT2D eigenvalue weighted by molar-refractivity contribution is -0.0973. The van der Waals surface area contributed by atoms with Crippen molar-refractivity contribution >= 4 is 41.2 Å². The molecule has 6 atom stereocenters. The van der Waals surface area contributed by atoms with Gasteiger partial charge in [0.05, 0.1) is 28.4 Å². The van der Waals surface area contributed by atoms with Crippen molar-refractivity contribution in [2.75, 3.05) is 13.2 Å². The lowest BCUT2D eigenvalue weighted by Gasteiger charge is -2.28. The van der Waals surface area contributed by atoms with Crippen LogP contribution in [0.3, 0.4) is 0 Å². The molecule has 0 bridgehead atoms. The summed E-state index contributed by atoms with van der Waals surface area (Å²) in [6.45, 7) is 1.10. The van der Waals surface area contributed by atoms with E-state index in [1.807, 2.05) is 0 Å². The molecular weight excluding hydrogens is 676 g/mol. The molecule has 4 aromatic carbocycles. The molecule has 264 valence electrons. The molecule has 0 aliphatic carbocycles. The third kappa shape index (κ3) is 10.2. The number of aliphatic hydroxyl groups is 1. The van der Waals surface area contributed by atoms with Crippen molar-refractivity contribution in [3.63, 3.8) is 0 Å². The van der Waals surface area contributed by atoms with E-state index < -0.39 is 67.2 Å². The average Bonchev–Trinajstić information content (AvgIpc) is 3.48. The fraction of sp³-hybridized carbons (Fsp3) is 0.237. The number of carbonyl (C=O) groups excluding carboxylic acids is 4. The SMILES string of the molecule is C[C@@H](O)CNC(=S)N[C@@H]1O[C@@H]([C@@H](COC(=O)c2ccccc2)OC(=O)c2ccccc2)[C@H](OC(=O)c2ccccc2)[C@H]1OC(=O)c1ccccc1. The van der Waals surface area contributed by atoms with E-state index in [1.165, 1.54) is 12.1 Å². The summed E-state index contributed by atoms with van der Waals surface area (Å²) in [4.78, 5) is 53.5. The average molecular weight is 713 g/mol. The number of rotatable bonds is 13. The summed E-state index contributed by atoms with van der Waals surface area (Å²) in [6, 6.07) is 32.5. The second-order valence-electron chi connectivity index (χ2n) is 11.5. The molecule has 1 aliphatic rings. The Morgan fingerprint density at radius 1 is 0.686 bits per heavy atom. The molecule has 0 aromatic heterocycles. The van der Waals surface area contributed by atoms with Gasteiger partial charge in [0, 0.05) is 6.54 Å². The van der Waals surface area contributed by atoms with E-state index in [4.69, 9.17) is 35.9 Å². The maximum atomic E-state index is 13.6. The van der Waals surface area contributed by atoms with E-state index in [9.17, 15) is 24.3 Å². The molecule has 1 aliphatic heterocycles. The minimum absolute atomic E-state index is 0.0174. The highest BCUT2D eigenvalue weighted by Crippen LogP contribution is 2.31. The van der Waals surface area contributed by atoms with Crippen LogP contribution in [-0.4, -0.2) is 84.0 Å². The lowest BCUT2D eigenvalue weighted by atomic mass is 10.0. The van der Waals surface area contributed by atoms with Crippen molar-refractivity contribution in [3.05, 3.63) is 144 Å². The standard InChI is InChI=1S/C38H36N2O10S/c1-24(41)22-39-38(51)40-33-32(50-37(45)28-20-12-5-13-21-28)31(49-36(44)27-18-10-4-11-19-27)30(48-33)29(47-35(43)26-16-8-3-9-17-26)23-46-34(42)25-14-6-2-7-15-25/h2-21,24,29-33,41H,22-23H2,1H3,(H2,39,40,51)/t24-,29-,30+,31+,32-,33-/m1/s1. The van der Waals surface area contributed by atoms with E-state index in [0.717, 1.165) is 0 Å². The van der Waals surface area contributed by atoms with Gasteiger partial charge >= 0.3 is 23.9 Å². The third-order valence-corrected chi connectivity index (χ3v) is 7.87. The number of carbonyl (C=O) groups is 4. The van der Waals surface area contributed by atoms with Crippen LogP contribution in [-0.2, 0) is 23.7 Å². The van der Waals surface area contributed by atoms with Crippen molar-refractivity contribution in [1.29, 1.82) is 0 Å². The Hall–Kier alpha value is -5.63. The highest BCUT2D eigenvalue weighted by Gasteiger charge is 2.54. The first-order chi connectivity index (χ1) is 24.7. The monoisotopic (exact) mass is 712 g/mol. The molecule has 0 radical (unpaired) electrons. The van der Waals surface area contributed by atoms with Crippen LogP contribution in [0.15, 0.2) is 121 Å². The van der Waals surface area contributed by atoms with Gasteiger partial charge in [0.1, 0.15) is 12.7 Å². The zero-order valence-electron chi connectivity index (χ0n) is 27.5. The second kappa shape index (κ2) is 17.9. The van der Waals surface area contributed by atoms with E-state index in [0.29, 0.717) is 0 Å². The Bertz CT molecular complexity index is 1780. The number of nitrogens with one attached hydrogen (secondary N) is 2. The summed E-state index contributed by atoms with van der Waals surface area (Å²) in [5, 5.41) is 15.6. The van der Waals surface area contributed by atoms with Crippen molar-refractivity contribution in [2.24, 2.45) is 0 Å². The highest BCUT2D eigenvalue weighted by molar-refractivity contribution is 7.80. The summed E-state index contributed by atoms with van der Waals surface area (Å²) < 4.78 is 29.9. The van der Waals surface area contributed by atoms with Crippen molar-refractivity contribution in [1.82, 2.24) is 10.6 Å². The number of hydrogen-bond acceptors (Lipinski definition) is 11. The van der Waals surface area contributed by atoms with E-state index in [1.54, 1.807) is 116 Å². The largest absolute Gasteiger partial charge is 0.458 e. The molecule has 4 aromatic rings. The second-order valence-corrected chi connectivity index (χ2v) is 11.9. The molecule has 1 fully saturated rings. The van der Waals surface area contributed by atoms with Gasteiger partial charge in [-0.05, 0) is 67.7 Å². The normalized spacial score (nSPS) is 19.1. The number of benzene rings is 4. The fourth-order valence-electron chi connectivity index (χ4n) is 5.11. The Morgan fingerprint density at radius 2 is 1.12 bits per heavy atom. The zero-order valence-corrected chi connectivity index (χ0v) is 28.3. The molecule has 0 spiro atoms. The van der Waals surface area contributed by atoms with Gasteiger partial charge in [0.25, 0.3) is 0 Å². The van der Waals surface area contributed by atoms with Gasteiger partial charge < -0.3 is 39.4 Å². The molecule has 12 nitrogen and oxygen atoms in total. The summed E-state index contributed by atoms with van der Waals surface area (Å²) in [5.74, 6) is -3.05. The number of esters is 4. The van der Waals surface area contributed by atoms with Crippen molar-refractivity contribution < 1.29 is 48.0 Å². The summed E-state index contributed by atoms with van der Waals surface area (Å²) >= 11 is 5.43. The Morgan fingerprint density at radius 3 is 1.59 bits per heavy atom. The fourth-order valence-corrected chi connectivity index (χ4v) is 5.30. The minimum atomic E-state index is -1.44. The van der Waals surface area contributed by atoms with Crippen LogP contribution >= 0.6 is 12.2 Å². The number of ether oxygens (including phenoxy) is 5. The maximum Gasteiger partial charge on any atom is 0.338 e. The van der Waals surface area contributed by atoms with Gasteiger partial charge in [0.2, 0.25) is 0 Å². The molecule has 1 saturated heterocycles. The van der Waals surface area contributed by atoms with Gasteiger partial charge in [0.15, 0.2) is 29.7 Å². The first kappa shape index (κ1) is 36.6. The Balaban J connectivity index is 1.52. The van der Waals surface area contributed by atoms with Crippen LogP contribution in [0.25, 0.3) is 0 Å². The van der Waals surface area contributed by atoms with Gasteiger partial charge in [-0.25, -0.2) is 19.2 Å². The molecule has 5 rings (SSSR count). The van der Waals surface area contributed by atoms with E-state index >= 15 is 0 Å². The predicted molar refractivity (Wildman–Crippen MR) is 188 cm³/mol. The summed E-state index contributed by atoms with van der Waals surface area (Å²) in [5.41, 5.74) is 0.821. The topological polar surface area (TPSA) is 159 Å². The lowest BCUT2D eigenvalue weighted by Crippen LogP contribution is -2.51. The first-order valence-electron chi connectivity index (χ1n) is 16.1. The smallest absolute Gasteiger partial charge is 0.338 e. The van der Waals surface area contributed by atoms with E-state index in [-0.39, 0.29) is 33.9 Å². The molecule has 51 heavy (non-hydrogen) atoms. The van der Waals surface area contributed by atoms with Crippen LogP contribution in [0, 0.1) is 0 Å². The predicted octanol–water partition coefficient (Wildman–Crippen LogP) is 4.09. The van der Waals surface area contributed by atoms with Crippen LogP contribution in [0.5, 0.6) is 0 Å². The van der Waals surface area contributed by atoms with Crippen LogP contribution in [0.2, 0.25) is 0 Å². The Labute approximate surface area is 299 Å². The summed E-state index contributed by atoms with van der Waals surface area (Å²) in [6.07, 6.45) is -7.64. The molecule has 13 heteroatoms. The van der Waals surface area contributed by atoms with Gasteiger partial charge in [-0.3, -0.25) is 0 Å². The number of thiocarbonyl (C=S) groups is 1. The van der Waals surface area contributed by atoms with Crippen LogP contribution in [0.1, 0.15) is 48.4 Å². The number of hydrogen-bond donors (Lipinski definition) is 3. The number of aliphatic hydroxyl groups excluding tert-OH is 1. The van der Waals surface area contributed by atoms with Crippen molar-refractivity contribution in [2.45, 2.75) is 43.7 Å². The Kier molecular flexibility index (Phi) is 12.8. The molecule has 0 amide bonds. The van der Waals surface area contributed by atoms with Crippen LogP contribution in [0.4, 0.5) is 0 Å². The van der Waals surface area contributed by atoms with Gasteiger partial charge in [-0.1, -0.05) is 72.8 Å². The van der Waals surface area contributed by atoms with Gasteiger partial charge in [-0.15, -0.1) is 0 Å². The molecule has 0 unspecified atom stereocenters. The summed E-state index contributed by atoms with van der Waals surface area (Å²) in [7, 11) is 0. The molecular formula is C38H36N2O10S. The highest BCUT2D eigenvalue weighted by atomic mass is 32.1. The first-order valence-corrected chi connectivity index (χ1v) is 16.5. The van der Waals surface area contributed by atoms with Gasteiger partial charge in [-0.2, -0.15) is 0 Å². The van der Waals surface area contributed by atoms with Crippen LogP contribution < -0.4 is 10.6 Å².